The molecule has 0 radical (unpaired) electrons. The third kappa shape index (κ3) is 3.08. The lowest BCUT2D eigenvalue weighted by atomic mass is 10.1. The zero-order valence-electron chi connectivity index (χ0n) is 11.0. The molecular formula is C14H12BrFN2O3. The smallest absolute Gasteiger partial charge is 0.340 e. The highest BCUT2D eigenvalue weighted by Gasteiger charge is 2.17. The summed E-state index contributed by atoms with van der Waals surface area (Å²) in [6.07, 6.45) is 0. The highest BCUT2D eigenvalue weighted by molar-refractivity contribution is 9.10. The first kappa shape index (κ1) is 15.1. The van der Waals surface area contributed by atoms with Crippen LogP contribution >= 0.6 is 15.9 Å². The Bertz CT molecular complexity index is 707. The second-order valence-electron chi connectivity index (χ2n) is 4.16. The molecule has 0 atom stereocenters. The fourth-order valence-electron chi connectivity index (χ4n) is 1.82. The molecule has 0 aromatic heterocycles. The van der Waals surface area contributed by atoms with Gasteiger partial charge < -0.3 is 20.9 Å². The van der Waals surface area contributed by atoms with E-state index in [1.54, 1.807) is 18.2 Å². The average molecular weight is 355 g/mol. The Hall–Kier alpha value is -2.28. The van der Waals surface area contributed by atoms with E-state index in [9.17, 15) is 14.3 Å². The Balaban J connectivity index is 2.44. The minimum absolute atomic E-state index is 0.200. The summed E-state index contributed by atoms with van der Waals surface area (Å²) in [6, 6.07) is 7.57. The van der Waals surface area contributed by atoms with Crippen molar-refractivity contribution in [3.05, 3.63) is 46.2 Å². The number of carboxylic acids is 1. The van der Waals surface area contributed by atoms with Crippen LogP contribution in [0.3, 0.4) is 0 Å². The Labute approximate surface area is 128 Å². The van der Waals surface area contributed by atoms with Crippen LogP contribution in [0.15, 0.2) is 34.8 Å². The molecule has 4 N–H and O–H groups in total. The summed E-state index contributed by atoms with van der Waals surface area (Å²) in [7, 11) is 1.52. The van der Waals surface area contributed by atoms with Crippen molar-refractivity contribution >= 4 is 39.0 Å². The molecule has 110 valence electrons. The van der Waals surface area contributed by atoms with Crippen molar-refractivity contribution < 1.29 is 19.0 Å². The predicted molar refractivity (Wildman–Crippen MR) is 81.7 cm³/mol. The molecule has 2 aromatic carbocycles. The molecule has 5 nitrogen and oxygen atoms in total. The number of nitrogen functional groups attached to an aromatic ring is 1. The summed E-state index contributed by atoms with van der Waals surface area (Å²) >= 11 is 3.32. The minimum Gasteiger partial charge on any atom is -0.495 e. The number of rotatable bonds is 4. The van der Waals surface area contributed by atoms with Crippen LogP contribution in [-0.4, -0.2) is 18.2 Å². The van der Waals surface area contributed by atoms with Crippen molar-refractivity contribution in [3.63, 3.8) is 0 Å². The van der Waals surface area contributed by atoms with E-state index in [1.807, 2.05) is 0 Å². The van der Waals surface area contributed by atoms with E-state index in [4.69, 9.17) is 10.5 Å². The molecule has 21 heavy (non-hydrogen) atoms. The van der Waals surface area contributed by atoms with Crippen LogP contribution in [0.25, 0.3) is 0 Å². The summed E-state index contributed by atoms with van der Waals surface area (Å²) in [5.41, 5.74) is 5.56. The number of anilines is 3. The number of benzene rings is 2. The summed E-state index contributed by atoms with van der Waals surface area (Å²) in [4.78, 5) is 11.2. The molecule has 2 aromatic rings. The molecule has 0 aliphatic rings. The number of methoxy groups -OCH3 is 1. The zero-order valence-corrected chi connectivity index (χ0v) is 12.6. The molecule has 0 aliphatic heterocycles. The quantitative estimate of drug-likeness (QED) is 0.730. The van der Waals surface area contributed by atoms with Crippen LogP contribution in [0.5, 0.6) is 5.75 Å². The van der Waals surface area contributed by atoms with Crippen LogP contribution in [0, 0.1) is 5.82 Å². The second-order valence-corrected chi connectivity index (χ2v) is 5.02. The van der Waals surface area contributed by atoms with Crippen LogP contribution in [0.1, 0.15) is 10.4 Å². The molecule has 7 heteroatoms. The van der Waals surface area contributed by atoms with E-state index in [0.29, 0.717) is 11.4 Å². The van der Waals surface area contributed by atoms with Crippen molar-refractivity contribution in [2.24, 2.45) is 0 Å². The molecule has 0 spiro atoms. The number of nitrogens with two attached hydrogens (primary N) is 1. The standard InChI is InChI=1S/C14H12BrFN2O3/c1-21-11-6-7(2-3-8(11)15)18-10-5-4-9(16)13(17)12(10)14(19)20/h2-6,18H,17H2,1H3,(H,19,20). The normalized spacial score (nSPS) is 10.2. The van der Waals surface area contributed by atoms with Gasteiger partial charge in [-0.2, -0.15) is 0 Å². The van der Waals surface area contributed by atoms with Crippen molar-refractivity contribution in [2.45, 2.75) is 0 Å². The van der Waals surface area contributed by atoms with Crippen LogP contribution in [0.2, 0.25) is 0 Å². The first-order chi connectivity index (χ1) is 9.93. The Kier molecular flexibility index (Phi) is 4.32. The van der Waals surface area contributed by atoms with Gasteiger partial charge in [0.25, 0.3) is 0 Å². The molecule has 0 amide bonds. The number of ether oxygens (including phenoxy) is 1. The molecule has 0 unspecified atom stereocenters. The van der Waals surface area contributed by atoms with E-state index in [0.717, 1.165) is 10.5 Å². The molecule has 0 saturated carbocycles. The second kappa shape index (κ2) is 6.01. The van der Waals surface area contributed by atoms with Gasteiger partial charge in [-0.1, -0.05) is 0 Å². The molecule has 0 fully saturated rings. The largest absolute Gasteiger partial charge is 0.495 e. The SMILES string of the molecule is COc1cc(Nc2ccc(F)c(N)c2C(=O)O)ccc1Br. The molecule has 0 bridgehead atoms. The molecule has 0 heterocycles. The monoisotopic (exact) mass is 354 g/mol. The number of nitrogens with one attached hydrogen (secondary N) is 1. The van der Waals surface area contributed by atoms with Gasteiger partial charge in [0.2, 0.25) is 0 Å². The lowest BCUT2D eigenvalue weighted by Crippen LogP contribution is -2.08. The van der Waals surface area contributed by atoms with Gasteiger partial charge in [0.15, 0.2) is 0 Å². The first-order valence-electron chi connectivity index (χ1n) is 5.86. The van der Waals surface area contributed by atoms with Gasteiger partial charge in [0.1, 0.15) is 17.1 Å². The minimum atomic E-state index is -1.31. The average Bonchev–Trinajstić information content (AvgIpc) is 2.44. The van der Waals surface area contributed by atoms with Crippen LogP contribution in [-0.2, 0) is 0 Å². The van der Waals surface area contributed by atoms with Crippen molar-refractivity contribution in [1.29, 1.82) is 0 Å². The maximum absolute atomic E-state index is 13.4. The Morgan fingerprint density at radius 3 is 2.71 bits per heavy atom. The maximum atomic E-state index is 13.4. The van der Waals surface area contributed by atoms with E-state index < -0.39 is 17.5 Å². The van der Waals surface area contributed by atoms with Crippen molar-refractivity contribution in [1.82, 2.24) is 0 Å². The fourth-order valence-corrected chi connectivity index (χ4v) is 2.23. The number of halogens is 2. The van der Waals surface area contributed by atoms with E-state index in [-0.39, 0.29) is 11.3 Å². The van der Waals surface area contributed by atoms with Crippen molar-refractivity contribution in [3.8, 4) is 5.75 Å². The number of carboxylic acid groups (broad SMARTS) is 1. The summed E-state index contributed by atoms with van der Waals surface area (Å²) in [5, 5.41) is 12.1. The highest BCUT2D eigenvalue weighted by atomic mass is 79.9. The van der Waals surface area contributed by atoms with Gasteiger partial charge >= 0.3 is 5.97 Å². The van der Waals surface area contributed by atoms with Crippen LogP contribution in [0.4, 0.5) is 21.5 Å². The summed E-state index contributed by atoms with van der Waals surface area (Å²) in [5.74, 6) is -1.50. The van der Waals surface area contributed by atoms with E-state index in [2.05, 4.69) is 21.2 Å². The predicted octanol–water partition coefficient (Wildman–Crippen LogP) is 3.62. The van der Waals surface area contributed by atoms with E-state index in [1.165, 1.54) is 13.2 Å². The summed E-state index contributed by atoms with van der Waals surface area (Å²) < 4.78 is 19.3. The number of hydrogen-bond donors (Lipinski definition) is 3. The molecule has 0 saturated heterocycles. The van der Waals surface area contributed by atoms with E-state index >= 15 is 0 Å². The highest BCUT2D eigenvalue weighted by Crippen LogP contribution is 2.32. The molecule has 0 aliphatic carbocycles. The Morgan fingerprint density at radius 1 is 1.38 bits per heavy atom. The van der Waals surface area contributed by atoms with Gasteiger partial charge in [-0.25, -0.2) is 9.18 Å². The number of aromatic carboxylic acids is 1. The molecule has 2 rings (SSSR count). The van der Waals surface area contributed by atoms with Gasteiger partial charge in [-0.3, -0.25) is 0 Å². The zero-order chi connectivity index (χ0) is 15.6. The third-order valence-electron chi connectivity index (χ3n) is 2.84. The summed E-state index contributed by atoms with van der Waals surface area (Å²) in [6.45, 7) is 0. The van der Waals surface area contributed by atoms with Gasteiger partial charge in [-0.05, 0) is 40.2 Å². The fraction of sp³-hybridized carbons (Fsp3) is 0.0714. The van der Waals surface area contributed by atoms with Gasteiger partial charge in [0.05, 0.1) is 23.0 Å². The maximum Gasteiger partial charge on any atom is 0.340 e. The lowest BCUT2D eigenvalue weighted by Gasteiger charge is -2.13. The number of carbonyl (C=O) groups is 1. The lowest BCUT2D eigenvalue weighted by molar-refractivity contribution is 0.0698. The van der Waals surface area contributed by atoms with Crippen molar-refractivity contribution in [2.75, 3.05) is 18.2 Å². The Morgan fingerprint density at radius 2 is 2.10 bits per heavy atom. The first-order valence-corrected chi connectivity index (χ1v) is 6.65. The molecular weight excluding hydrogens is 343 g/mol. The topological polar surface area (TPSA) is 84.6 Å². The van der Waals surface area contributed by atoms with Gasteiger partial charge in [0, 0.05) is 11.8 Å². The third-order valence-corrected chi connectivity index (χ3v) is 3.49. The van der Waals surface area contributed by atoms with Crippen LogP contribution < -0.4 is 15.8 Å². The van der Waals surface area contributed by atoms with Gasteiger partial charge in [-0.15, -0.1) is 0 Å². The number of hydrogen-bond acceptors (Lipinski definition) is 4.